The summed E-state index contributed by atoms with van der Waals surface area (Å²) in [6, 6.07) is 12.2. The van der Waals surface area contributed by atoms with Crippen LogP contribution in [0.2, 0.25) is 5.15 Å². The molecule has 2 aromatic carbocycles. The first-order valence-corrected chi connectivity index (χ1v) is 10.3. The molecule has 1 aromatic heterocycles. The molecule has 1 aliphatic rings. The molecule has 0 spiro atoms. The van der Waals surface area contributed by atoms with E-state index in [-0.39, 0.29) is 17.5 Å². The molecular formula is C23H21ClF2N4O. The summed E-state index contributed by atoms with van der Waals surface area (Å²) in [4.78, 5) is 16.5. The Bertz CT molecular complexity index is 1100. The number of benzene rings is 2. The molecule has 0 aliphatic carbocycles. The Hall–Kier alpha value is -3.19. The summed E-state index contributed by atoms with van der Waals surface area (Å²) in [5.41, 5.74) is 2.89. The fourth-order valence-corrected chi connectivity index (χ4v) is 3.89. The van der Waals surface area contributed by atoms with Crippen molar-refractivity contribution in [2.24, 2.45) is 0 Å². The third-order valence-electron chi connectivity index (χ3n) is 5.29. The molecule has 0 bridgehead atoms. The summed E-state index contributed by atoms with van der Waals surface area (Å²) in [7, 11) is 0. The van der Waals surface area contributed by atoms with Crippen molar-refractivity contribution < 1.29 is 13.6 Å². The van der Waals surface area contributed by atoms with Gasteiger partial charge in [-0.05, 0) is 61.5 Å². The van der Waals surface area contributed by atoms with Crippen LogP contribution in [0.25, 0.3) is 11.8 Å². The molecular weight excluding hydrogens is 422 g/mol. The van der Waals surface area contributed by atoms with Crippen LogP contribution in [-0.2, 0) is 4.79 Å². The number of hydrogen-bond acceptors (Lipinski definition) is 3. The average molecular weight is 443 g/mol. The third-order valence-corrected chi connectivity index (χ3v) is 5.66. The Morgan fingerprint density at radius 3 is 2.06 bits per heavy atom. The minimum atomic E-state index is -0.339. The molecule has 1 amide bonds. The number of hydrogen-bond donors (Lipinski definition) is 0. The maximum Gasteiger partial charge on any atom is 0.246 e. The smallest absolute Gasteiger partial charge is 0.246 e. The maximum atomic E-state index is 13.2. The number of carbonyl (C=O) groups excluding carboxylic acids is 1. The highest BCUT2D eigenvalue weighted by Gasteiger charge is 2.20. The summed E-state index contributed by atoms with van der Waals surface area (Å²) >= 11 is 6.47. The number of nitrogens with zero attached hydrogens (tertiary/aromatic N) is 4. The van der Waals surface area contributed by atoms with Crippen molar-refractivity contribution in [2.45, 2.75) is 6.92 Å². The fraction of sp³-hybridized carbons (Fsp3) is 0.217. The molecule has 1 saturated heterocycles. The molecule has 31 heavy (non-hydrogen) atoms. The highest BCUT2D eigenvalue weighted by Crippen LogP contribution is 2.25. The van der Waals surface area contributed by atoms with Gasteiger partial charge in [-0.2, -0.15) is 5.10 Å². The highest BCUT2D eigenvalue weighted by molar-refractivity contribution is 6.31. The van der Waals surface area contributed by atoms with Gasteiger partial charge in [0.15, 0.2) is 0 Å². The number of piperazine rings is 1. The molecule has 8 heteroatoms. The second-order valence-corrected chi connectivity index (χ2v) is 7.66. The summed E-state index contributed by atoms with van der Waals surface area (Å²) in [5.74, 6) is -0.711. The van der Waals surface area contributed by atoms with Crippen molar-refractivity contribution in [1.29, 1.82) is 0 Å². The van der Waals surface area contributed by atoms with Gasteiger partial charge in [-0.15, -0.1) is 0 Å². The Morgan fingerprint density at radius 1 is 0.935 bits per heavy atom. The SMILES string of the molecule is Cc1nn(-c2ccc(F)cc2)c(Cl)c1/C=C/C(=O)N1CCN(c2ccc(F)cc2)CC1. The summed E-state index contributed by atoms with van der Waals surface area (Å²) in [5, 5.41) is 4.76. The molecule has 0 radical (unpaired) electrons. The number of aromatic nitrogens is 2. The van der Waals surface area contributed by atoms with E-state index in [1.54, 1.807) is 42.2 Å². The van der Waals surface area contributed by atoms with Crippen LogP contribution in [0.1, 0.15) is 11.3 Å². The van der Waals surface area contributed by atoms with E-state index in [4.69, 9.17) is 11.6 Å². The summed E-state index contributed by atoms with van der Waals surface area (Å²) < 4.78 is 27.8. The minimum absolute atomic E-state index is 0.108. The molecule has 0 N–H and O–H groups in total. The molecule has 0 saturated carbocycles. The molecule has 4 rings (SSSR count). The van der Waals surface area contributed by atoms with Crippen molar-refractivity contribution in [3.8, 4) is 5.69 Å². The van der Waals surface area contributed by atoms with Crippen LogP contribution in [-0.4, -0.2) is 46.8 Å². The zero-order valence-corrected chi connectivity index (χ0v) is 17.7. The Labute approximate surface area is 184 Å². The molecule has 0 unspecified atom stereocenters. The van der Waals surface area contributed by atoms with E-state index in [2.05, 4.69) is 10.00 Å². The maximum absolute atomic E-state index is 13.2. The van der Waals surface area contributed by atoms with Crippen LogP contribution in [0.15, 0.2) is 54.6 Å². The number of carbonyl (C=O) groups is 1. The molecule has 1 aliphatic heterocycles. The normalized spacial score (nSPS) is 14.5. The standard InChI is InChI=1S/C23H21ClF2N4O/c1-16-21(23(24)30(27-16)20-8-4-18(26)5-9-20)10-11-22(31)29-14-12-28(13-15-29)19-6-2-17(25)3-7-19/h2-11H,12-15H2,1H3/b11-10+. The van der Waals surface area contributed by atoms with Gasteiger partial charge in [-0.3, -0.25) is 4.79 Å². The van der Waals surface area contributed by atoms with Crippen molar-refractivity contribution in [3.63, 3.8) is 0 Å². The first-order valence-electron chi connectivity index (χ1n) is 9.91. The average Bonchev–Trinajstić information content (AvgIpc) is 3.06. The number of halogens is 3. The van der Waals surface area contributed by atoms with Crippen LogP contribution < -0.4 is 4.90 Å². The fourth-order valence-electron chi connectivity index (χ4n) is 3.55. The van der Waals surface area contributed by atoms with Crippen LogP contribution in [0.3, 0.4) is 0 Å². The van der Waals surface area contributed by atoms with Crippen molar-refractivity contribution in [1.82, 2.24) is 14.7 Å². The first kappa shape index (κ1) is 21.1. The molecule has 160 valence electrons. The van der Waals surface area contributed by atoms with Gasteiger partial charge in [-0.25, -0.2) is 13.5 Å². The van der Waals surface area contributed by atoms with Gasteiger partial charge >= 0.3 is 0 Å². The van der Waals surface area contributed by atoms with Gasteiger partial charge in [-0.1, -0.05) is 11.6 Å². The zero-order chi connectivity index (χ0) is 22.0. The third kappa shape index (κ3) is 4.61. The second-order valence-electron chi connectivity index (χ2n) is 7.30. The van der Waals surface area contributed by atoms with Crippen LogP contribution in [0, 0.1) is 18.6 Å². The van der Waals surface area contributed by atoms with E-state index in [1.807, 2.05) is 0 Å². The Balaban J connectivity index is 1.42. The van der Waals surface area contributed by atoms with Gasteiger partial charge in [0.05, 0.1) is 11.4 Å². The molecule has 2 heterocycles. The van der Waals surface area contributed by atoms with Crippen molar-refractivity contribution >= 4 is 29.3 Å². The topological polar surface area (TPSA) is 41.4 Å². The Morgan fingerprint density at radius 2 is 1.48 bits per heavy atom. The lowest BCUT2D eigenvalue weighted by Crippen LogP contribution is -2.48. The van der Waals surface area contributed by atoms with Crippen LogP contribution in [0.4, 0.5) is 14.5 Å². The van der Waals surface area contributed by atoms with Gasteiger partial charge in [0.2, 0.25) is 5.91 Å². The largest absolute Gasteiger partial charge is 0.368 e. The zero-order valence-electron chi connectivity index (χ0n) is 16.9. The number of amides is 1. The van der Waals surface area contributed by atoms with Gasteiger partial charge < -0.3 is 9.80 Å². The first-order chi connectivity index (χ1) is 14.9. The van der Waals surface area contributed by atoms with Gasteiger partial charge in [0.1, 0.15) is 16.8 Å². The van der Waals surface area contributed by atoms with Gasteiger partial charge in [0, 0.05) is 43.5 Å². The molecule has 1 fully saturated rings. The van der Waals surface area contributed by atoms with E-state index >= 15 is 0 Å². The van der Waals surface area contributed by atoms with Gasteiger partial charge in [0.25, 0.3) is 0 Å². The molecule has 5 nitrogen and oxygen atoms in total. The lowest BCUT2D eigenvalue weighted by Gasteiger charge is -2.35. The van der Waals surface area contributed by atoms with E-state index in [0.717, 1.165) is 5.69 Å². The van der Waals surface area contributed by atoms with E-state index < -0.39 is 0 Å². The summed E-state index contributed by atoms with van der Waals surface area (Å²) in [6.07, 6.45) is 3.16. The molecule has 3 aromatic rings. The number of aryl methyl sites for hydroxylation is 1. The quantitative estimate of drug-likeness (QED) is 0.560. The lowest BCUT2D eigenvalue weighted by molar-refractivity contribution is -0.126. The predicted octanol–water partition coefficient (Wildman–Crippen LogP) is 4.47. The van der Waals surface area contributed by atoms with E-state index in [0.29, 0.717) is 48.3 Å². The number of rotatable bonds is 4. The van der Waals surface area contributed by atoms with Crippen molar-refractivity contribution in [3.05, 3.63) is 82.7 Å². The lowest BCUT2D eigenvalue weighted by atomic mass is 10.2. The van der Waals surface area contributed by atoms with E-state index in [9.17, 15) is 13.6 Å². The van der Waals surface area contributed by atoms with Crippen LogP contribution in [0.5, 0.6) is 0 Å². The predicted molar refractivity (Wildman–Crippen MR) is 117 cm³/mol. The Kier molecular flexibility index (Phi) is 6.04. The minimum Gasteiger partial charge on any atom is -0.368 e. The van der Waals surface area contributed by atoms with E-state index in [1.165, 1.54) is 35.0 Å². The highest BCUT2D eigenvalue weighted by atomic mass is 35.5. The number of anilines is 1. The second kappa shape index (κ2) is 8.89. The monoisotopic (exact) mass is 442 g/mol. The van der Waals surface area contributed by atoms with Crippen molar-refractivity contribution in [2.75, 3.05) is 31.1 Å². The molecule has 0 atom stereocenters. The van der Waals surface area contributed by atoms with Crippen LogP contribution >= 0.6 is 11.6 Å². The summed E-state index contributed by atoms with van der Waals surface area (Å²) in [6.45, 7) is 4.29.